The van der Waals surface area contributed by atoms with Crippen LogP contribution in [0.3, 0.4) is 0 Å². The van der Waals surface area contributed by atoms with Crippen LogP contribution >= 0.6 is 34.3 Å². The molecule has 0 saturated carbocycles. The van der Waals surface area contributed by atoms with Gasteiger partial charge < -0.3 is 10.6 Å². The number of nitrogens with zero attached hydrogens (tertiary/aromatic N) is 4. The minimum absolute atomic E-state index is 0.151. The Morgan fingerprint density at radius 3 is 2.58 bits per heavy atom. The molecular formula is C24H24ClN5OS2. The molecule has 0 atom stereocenters. The van der Waals surface area contributed by atoms with Crippen LogP contribution in [0.5, 0.6) is 0 Å². The minimum atomic E-state index is 0.151. The Labute approximate surface area is 205 Å². The van der Waals surface area contributed by atoms with Crippen LogP contribution in [0.1, 0.15) is 21.6 Å². The Morgan fingerprint density at radius 1 is 1.03 bits per heavy atom. The van der Waals surface area contributed by atoms with E-state index in [1.54, 1.807) is 22.7 Å². The van der Waals surface area contributed by atoms with Gasteiger partial charge in [0.1, 0.15) is 12.1 Å². The summed E-state index contributed by atoms with van der Waals surface area (Å²) in [6.07, 6.45) is 1.47. The van der Waals surface area contributed by atoms with Crippen molar-refractivity contribution in [3.63, 3.8) is 0 Å². The Hall–Kier alpha value is -2.52. The van der Waals surface area contributed by atoms with Gasteiger partial charge in [-0.05, 0) is 54.8 Å². The number of aryl methyl sites for hydroxylation is 2. The summed E-state index contributed by atoms with van der Waals surface area (Å²) in [6.45, 7) is 7.60. The van der Waals surface area contributed by atoms with Crippen molar-refractivity contribution in [2.24, 2.45) is 0 Å². The number of hydrogen-bond acceptors (Lipinski definition) is 7. The average Bonchev–Trinajstić information content (AvgIpc) is 3.30. The SMILES string of the molecule is Cc1cc(Cl)sc1-c1sc(CN2CCN(Cc3ccc4c(N)ncnc4c3)C(=O)C2)cc1C. The number of nitrogen functional groups attached to an aromatic ring is 1. The monoisotopic (exact) mass is 497 g/mol. The molecule has 0 aliphatic carbocycles. The van der Waals surface area contributed by atoms with Crippen molar-refractivity contribution in [2.45, 2.75) is 26.9 Å². The number of hydrogen-bond donors (Lipinski definition) is 1. The van der Waals surface area contributed by atoms with Crippen LogP contribution in [0.2, 0.25) is 4.34 Å². The summed E-state index contributed by atoms with van der Waals surface area (Å²) in [5.74, 6) is 0.624. The number of piperazine rings is 1. The lowest BCUT2D eigenvalue weighted by Crippen LogP contribution is -2.49. The molecule has 1 fully saturated rings. The van der Waals surface area contributed by atoms with Crippen LogP contribution in [-0.4, -0.2) is 45.3 Å². The van der Waals surface area contributed by atoms with Crippen molar-refractivity contribution in [1.82, 2.24) is 19.8 Å². The summed E-state index contributed by atoms with van der Waals surface area (Å²) in [7, 11) is 0. The van der Waals surface area contributed by atoms with Gasteiger partial charge in [0, 0.05) is 46.2 Å². The summed E-state index contributed by atoms with van der Waals surface area (Å²) < 4.78 is 0.820. The normalized spacial score (nSPS) is 15.0. The van der Waals surface area contributed by atoms with Crippen molar-refractivity contribution in [1.29, 1.82) is 0 Å². The fraction of sp³-hybridized carbons (Fsp3) is 0.292. The van der Waals surface area contributed by atoms with Crippen molar-refractivity contribution < 1.29 is 4.79 Å². The number of carbonyl (C=O) groups excluding carboxylic acids is 1. The van der Waals surface area contributed by atoms with E-state index >= 15 is 0 Å². The topological polar surface area (TPSA) is 75.3 Å². The molecule has 3 aromatic heterocycles. The first-order chi connectivity index (χ1) is 15.9. The predicted octanol–water partition coefficient (Wildman–Crippen LogP) is 5.12. The lowest BCUT2D eigenvalue weighted by Gasteiger charge is -2.34. The van der Waals surface area contributed by atoms with Gasteiger partial charge in [-0.3, -0.25) is 9.69 Å². The largest absolute Gasteiger partial charge is 0.383 e. The van der Waals surface area contributed by atoms with Gasteiger partial charge >= 0.3 is 0 Å². The second-order valence-electron chi connectivity index (χ2n) is 8.42. The van der Waals surface area contributed by atoms with Crippen molar-refractivity contribution in [3.05, 3.63) is 62.6 Å². The standard InChI is InChI=1S/C24H24ClN5OS2/c1-14-7-17(32-22(14)23-15(2)8-20(25)33-23)11-29-5-6-30(21(31)12-29)10-16-3-4-18-19(9-16)27-13-28-24(18)26/h3-4,7-9,13H,5-6,10-12H2,1-2H3,(H2,26,27,28). The molecule has 0 unspecified atom stereocenters. The molecule has 1 aromatic carbocycles. The molecule has 0 spiro atoms. The lowest BCUT2D eigenvalue weighted by atomic mass is 10.1. The number of amides is 1. The van der Waals surface area contributed by atoms with Crippen LogP contribution in [0.25, 0.3) is 20.7 Å². The van der Waals surface area contributed by atoms with Gasteiger partial charge in [0.15, 0.2) is 0 Å². The van der Waals surface area contributed by atoms with E-state index in [1.165, 1.54) is 32.1 Å². The van der Waals surface area contributed by atoms with Gasteiger partial charge in [-0.15, -0.1) is 22.7 Å². The molecule has 0 bridgehead atoms. The van der Waals surface area contributed by atoms with E-state index in [-0.39, 0.29) is 5.91 Å². The first kappa shape index (κ1) is 22.3. The summed E-state index contributed by atoms with van der Waals surface area (Å²) in [6, 6.07) is 10.2. The smallest absolute Gasteiger partial charge is 0.237 e. The molecule has 1 saturated heterocycles. The number of nitrogens with two attached hydrogens (primary N) is 1. The highest BCUT2D eigenvalue weighted by atomic mass is 35.5. The maximum Gasteiger partial charge on any atom is 0.237 e. The highest BCUT2D eigenvalue weighted by Gasteiger charge is 2.25. The lowest BCUT2D eigenvalue weighted by molar-refractivity contribution is -0.136. The molecule has 6 nitrogen and oxygen atoms in total. The zero-order valence-corrected chi connectivity index (χ0v) is 20.9. The number of anilines is 1. The molecule has 170 valence electrons. The third-order valence-electron chi connectivity index (χ3n) is 5.95. The van der Waals surface area contributed by atoms with Crippen LogP contribution in [0.15, 0.2) is 36.7 Å². The Morgan fingerprint density at radius 2 is 1.82 bits per heavy atom. The van der Waals surface area contributed by atoms with E-state index in [1.807, 2.05) is 29.2 Å². The number of fused-ring (bicyclic) bond motifs is 1. The summed E-state index contributed by atoms with van der Waals surface area (Å²) in [5.41, 5.74) is 10.2. The Kier molecular flexibility index (Phi) is 6.09. The molecule has 4 heterocycles. The Bertz CT molecular complexity index is 1350. The number of aromatic nitrogens is 2. The van der Waals surface area contributed by atoms with E-state index in [2.05, 4.69) is 34.8 Å². The first-order valence-electron chi connectivity index (χ1n) is 10.7. The molecule has 33 heavy (non-hydrogen) atoms. The second kappa shape index (κ2) is 9.02. The first-order valence-corrected chi connectivity index (χ1v) is 12.7. The van der Waals surface area contributed by atoms with Gasteiger partial charge in [0.25, 0.3) is 0 Å². The maximum absolute atomic E-state index is 12.9. The number of benzene rings is 1. The van der Waals surface area contributed by atoms with Gasteiger partial charge in [-0.25, -0.2) is 9.97 Å². The van der Waals surface area contributed by atoms with Gasteiger partial charge in [-0.1, -0.05) is 17.7 Å². The molecule has 1 amide bonds. The third kappa shape index (κ3) is 4.61. The predicted molar refractivity (Wildman–Crippen MR) is 137 cm³/mol. The molecule has 5 rings (SSSR count). The molecular weight excluding hydrogens is 474 g/mol. The zero-order valence-electron chi connectivity index (χ0n) is 18.5. The fourth-order valence-corrected chi connectivity index (χ4v) is 7.01. The molecule has 4 aromatic rings. The van der Waals surface area contributed by atoms with E-state index < -0.39 is 0 Å². The maximum atomic E-state index is 12.9. The Balaban J connectivity index is 1.24. The van der Waals surface area contributed by atoms with Gasteiger partial charge in [0.05, 0.1) is 16.4 Å². The number of thiophene rings is 2. The van der Waals surface area contributed by atoms with Gasteiger partial charge in [-0.2, -0.15) is 0 Å². The number of halogens is 1. The molecule has 2 N–H and O–H groups in total. The molecule has 0 radical (unpaired) electrons. The van der Waals surface area contributed by atoms with E-state index in [9.17, 15) is 4.79 Å². The van der Waals surface area contributed by atoms with Crippen molar-refractivity contribution >= 4 is 56.9 Å². The third-order valence-corrected chi connectivity index (χ3v) is 8.70. The highest BCUT2D eigenvalue weighted by Crippen LogP contribution is 2.41. The van der Waals surface area contributed by atoms with Crippen LogP contribution in [-0.2, 0) is 17.9 Å². The van der Waals surface area contributed by atoms with Crippen LogP contribution in [0.4, 0.5) is 5.82 Å². The van der Waals surface area contributed by atoms with E-state index in [4.69, 9.17) is 17.3 Å². The quantitative estimate of drug-likeness (QED) is 0.414. The molecule has 1 aliphatic rings. The summed E-state index contributed by atoms with van der Waals surface area (Å²) in [4.78, 5) is 29.2. The highest BCUT2D eigenvalue weighted by molar-refractivity contribution is 7.24. The van der Waals surface area contributed by atoms with Crippen LogP contribution < -0.4 is 5.73 Å². The minimum Gasteiger partial charge on any atom is -0.383 e. The van der Waals surface area contributed by atoms with E-state index in [0.717, 1.165) is 33.9 Å². The van der Waals surface area contributed by atoms with Crippen molar-refractivity contribution in [2.75, 3.05) is 25.4 Å². The molecule has 9 heteroatoms. The van der Waals surface area contributed by atoms with Gasteiger partial charge in [0.2, 0.25) is 5.91 Å². The van der Waals surface area contributed by atoms with Crippen molar-refractivity contribution in [3.8, 4) is 9.75 Å². The average molecular weight is 498 g/mol. The second-order valence-corrected chi connectivity index (χ2v) is 11.2. The van der Waals surface area contributed by atoms with Crippen LogP contribution in [0, 0.1) is 13.8 Å². The number of carbonyl (C=O) groups is 1. The fourth-order valence-electron chi connectivity index (χ4n) is 4.24. The number of rotatable bonds is 5. The summed E-state index contributed by atoms with van der Waals surface area (Å²) in [5, 5.41) is 0.836. The van der Waals surface area contributed by atoms with E-state index in [0.29, 0.717) is 25.5 Å². The summed E-state index contributed by atoms with van der Waals surface area (Å²) >= 11 is 9.65. The molecule has 1 aliphatic heterocycles. The zero-order chi connectivity index (χ0) is 23.1.